The van der Waals surface area contributed by atoms with Crippen molar-refractivity contribution in [2.24, 2.45) is 5.50 Å². The first-order valence-corrected chi connectivity index (χ1v) is 8.65. The summed E-state index contributed by atoms with van der Waals surface area (Å²) in [7, 11) is -3.24. The van der Waals surface area contributed by atoms with Crippen molar-refractivity contribution in [1.29, 1.82) is 0 Å². The largest absolute Gasteiger partial charge is 0.325 e. The van der Waals surface area contributed by atoms with E-state index in [0.717, 1.165) is 33.6 Å². The first-order valence-electron chi connectivity index (χ1n) is 6.88. The summed E-state index contributed by atoms with van der Waals surface area (Å²) in [5.74, 6) is 0. The molecule has 112 valence electrons. The van der Waals surface area contributed by atoms with Crippen molar-refractivity contribution < 1.29 is 4.57 Å². The highest BCUT2D eigenvalue weighted by Gasteiger charge is 2.19. The van der Waals surface area contributed by atoms with Gasteiger partial charge >= 0.3 is 7.59 Å². The van der Waals surface area contributed by atoms with Gasteiger partial charge in [0.1, 0.15) is 0 Å². The molecule has 0 unspecified atom stereocenters. The van der Waals surface area contributed by atoms with E-state index in [-0.39, 0.29) is 0 Å². The third-order valence-corrected chi connectivity index (χ3v) is 4.63. The van der Waals surface area contributed by atoms with Gasteiger partial charge in [0.25, 0.3) is 0 Å². The summed E-state index contributed by atoms with van der Waals surface area (Å²) in [5, 5.41) is 5.96. The third-order valence-electron chi connectivity index (χ3n) is 3.52. The van der Waals surface area contributed by atoms with E-state index in [4.69, 9.17) is 5.50 Å². The minimum Gasteiger partial charge on any atom is -0.308 e. The quantitative estimate of drug-likeness (QED) is 0.727. The molecule has 4 nitrogen and oxygen atoms in total. The van der Waals surface area contributed by atoms with E-state index in [2.05, 4.69) is 10.2 Å². The van der Waals surface area contributed by atoms with Crippen LogP contribution in [0.3, 0.4) is 0 Å². The first-order chi connectivity index (χ1) is 9.80. The zero-order valence-corrected chi connectivity index (χ0v) is 13.8. The zero-order chi connectivity index (χ0) is 15.6. The lowest BCUT2D eigenvalue weighted by Crippen LogP contribution is -2.16. The Morgan fingerprint density at radius 3 is 1.33 bits per heavy atom. The summed E-state index contributed by atoms with van der Waals surface area (Å²) in [6, 6.07) is 11.8. The predicted octanol–water partition coefficient (Wildman–Crippen LogP) is 4.51. The highest BCUT2D eigenvalue weighted by molar-refractivity contribution is 7.64. The molecule has 21 heavy (non-hydrogen) atoms. The van der Waals surface area contributed by atoms with E-state index in [1.54, 1.807) is 0 Å². The van der Waals surface area contributed by atoms with Gasteiger partial charge in [0, 0.05) is 11.4 Å². The fourth-order valence-electron chi connectivity index (χ4n) is 2.34. The highest BCUT2D eigenvalue weighted by atomic mass is 31.2. The molecule has 0 fully saturated rings. The second-order valence-corrected chi connectivity index (χ2v) is 7.18. The molecule has 0 saturated carbocycles. The number of hydrogen-bond acceptors (Lipinski definition) is 1. The standard InChI is InChI=1S/C16H22N3OP/c1-11-7-5-8-12(2)15(11)18-21(17,20)19-16-13(3)9-6-10-14(16)4/h5-10H,1-4H3,(H4,17,18,19,20). The van der Waals surface area contributed by atoms with Crippen LogP contribution in [0.15, 0.2) is 36.4 Å². The van der Waals surface area contributed by atoms with Gasteiger partial charge in [-0.15, -0.1) is 0 Å². The van der Waals surface area contributed by atoms with Crippen molar-refractivity contribution in [2.45, 2.75) is 27.7 Å². The molecule has 5 heteroatoms. The van der Waals surface area contributed by atoms with E-state index in [1.807, 2.05) is 64.1 Å². The van der Waals surface area contributed by atoms with Gasteiger partial charge in [-0.1, -0.05) is 36.4 Å². The van der Waals surface area contributed by atoms with Gasteiger partial charge in [0.05, 0.1) is 0 Å². The lowest BCUT2D eigenvalue weighted by molar-refractivity contribution is 0.582. The molecule has 0 atom stereocenters. The Labute approximate surface area is 126 Å². The average molecular weight is 303 g/mol. The van der Waals surface area contributed by atoms with Crippen LogP contribution in [0.2, 0.25) is 0 Å². The van der Waals surface area contributed by atoms with Crippen molar-refractivity contribution in [3.63, 3.8) is 0 Å². The molecule has 2 aromatic rings. The summed E-state index contributed by atoms with van der Waals surface area (Å²) in [6.45, 7) is 7.87. The third kappa shape index (κ3) is 3.66. The number of benzene rings is 2. The monoisotopic (exact) mass is 303 g/mol. The van der Waals surface area contributed by atoms with E-state index < -0.39 is 7.59 Å². The van der Waals surface area contributed by atoms with Crippen LogP contribution in [-0.4, -0.2) is 0 Å². The number of rotatable bonds is 4. The topological polar surface area (TPSA) is 67.1 Å². The number of para-hydroxylation sites is 2. The Hall–Kier alpha value is -1.77. The zero-order valence-electron chi connectivity index (χ0n) is 12.9. The summed E-state index contributed by atoms with van der Waals surface area (Å²) in [4.78, 5) is 0. The first kappa shape index (κ1) is 15.6. The van der Waals surface area contributed by atoms with Crippen LogP contribution in [0.4, 0.5) is 11.4 Å². The molecule has 0 bridgehead atoms. The Morgan fingerprint density at radius 2 is 1.05 bits per heavy atom. The van der Waals surface area contributed by atoms with E-state index in [1.165, 1.54) is 0 Å². The molecular formula is C16H22N3OP. The molecule has 0 aliphatic heterocycles. The molecule has 0 aromatic heterocycles. The molecule has 0 heterocycles. The van der Waals surface area contributed by atoms with Gasteiger partial charge < -0.3 is 10.2 Å². The van der Waals surface area contributed by atoms with Crippen molar-refractivity contribution in [1.82, 2.24) is 0 Å². The molecule has 4 N–H and O–H groups in total. The Kier molecular flexibility index (Phi) is 4.40. The van der Waals surface area contributed by atoms with E-state index in [0.29, 0.717) is 0 Å². The van der Waals surface area contributed by atoms with Crippen molar-refractivity contribution in [3.8, 4) is 0 Å². The van der Waals surface area contributed by atoms with Gasteiger partial charge in [-0.2, -0.15) is 0 Å². The van der Waals surface area contributed by atoms with Crippen LogP contribution in [0.25, 0.3) is 0 Å². The summed E-state index contributed by atoms with van der Waals surface area (Å²) in [5.41, 5.74) is 11.7. The highest BCUT2D eigenvalue weighted by Crippen LogP contribution is 2.41. The molecule has 2 aromatic carbocycles. The lowest BCUT2D eigenvalue weighted by atomic mass is 10.1. The second-order valence-electron chi connectivity index (χ2n) is 5.42. The van der Waals surface area contributed by atoms with Crippen LogP contribution in [-0.2, 0) is 4.57 Å². The smallest absolute Gasteiger partial charge is 0.308 e. The molecule has 0 amide bonds. The molecule has 0 saturated heterocycles. The normalized spacial score (nSPS) is 11.3. The fourth-order valence-corrected chi connectivity index (χ4v) is 3.77. The van der Waals surface area contributed by atoms with Gasteiger partial charge in [-0.3, -0.25) is 4.57 Å². The Bertz CT molecular complexity index is 615. The van der Waals surface area contributed by atoms with E-state index in [9.17, 15) is 4.57 Å². The van der Waals surface area contributed by atoms with Gasteiger partial charge in [0.2, 0.25) is 0 Å². The Balaban J connectivity index is 2.29. The lowest BCUT2D eigenvalue weighted by Gasteiger charge is -2.22. The molecule has 0 aliphatic carbocycles. The van der Waals surface area contributed by atoms with Crippen LogP contribution in [0.1, 0.15) is 22.3 Å². The number of aryl methyl sites for hydroxylation is 4. The minimum absolute atomic E-state index is 0.821. The second kappa shape index (κ2) is 5.92. The van der Waals surface area contributed by atoms with Crippen LogP contribution in [0.5, 0.6) is 0 Å². The Morgan fingerprint density at radius 1 is 0.762 bits per heavy atom. The number of nitrogens with one attached hydrogen (secondary N) is 2. The van der Waals surface area contributed by atoms with Crippen LogP contribution in [0, 0.1) is 27.7 Å². The average Bonchev–Trinajstić information content (AvgIpc) is 2.39. The van der Waals surface area contributed by atoms with Gasteiger partial charge in [0.15, 0.2) is 0 Å². The SMILES string of the molecule is Cc1cccc(C)c1NP(N)(=O)Nc1c(C)cccc1C. The predicted molar refractivity (Wildman–Crippen MR) is 90.9 cm³/mol. The molecular weight excluding hydrogens is 281 g/mol. The minimum atomic E-state index is -3.24. The van der Waals surface area contributed by atoms with Crippen molar-refractivity contribution >= 4 is 19.0 Å². The van der Waals surface area contributed by atoms with Gasteiger partial charge in [-0.25, -0.2) is 5.50 Å². The maximum atomic E-state index is 12.7. The number of hydrogen-bond donors (Lipinski definition) is 3. The van der Waals surface area contributed by atoms with Crippen LogP contribution >= 0.6 is 7.59 Å². The molecule has 2 rings (SSSR count). The molecule has 0 radical (unpaired) electrons. The fraction of sp³-hybridized carbons (Fsp3) is 0.250. The van der Waals surface area contributed by atoms with Crippen molar-refractivity contribution in [2.75, 3.05) is 10.2 Å². The maximum absolute atomic E-state index is 12.7. The number of anilines is 2. The van der Waals surface area contributed by atoms with E-state index >= 15 is 0 Å². The van der Waals surface area contributed by atoms with Crippen LogP contribution < -0.4 is 15.7 Å². The summed E-state index contributed by atoms with van der Waals surface area (Å²) < 4.78 is 12.7. The maximum Gasteiger partial charge on any atom is 0.325 e. The molecule has 0 aliphatic rings. The van der Waals surface area contributed by atoms with Crippen molar-refractivity contribution in [3.05, 3.63) is 58.7 Å². The number of nitrogens with two attached hydrogens (primary N) is 1. The molecule has 0 spiro atoms. The van der Waals surface area contributed by atoms with Gasteiger partial charge in [-0.05, 0) is 49.9 Å². The summed E-state index contributed by atoms with van der Waals surface area (Å²) in [6.07, 6.45) is 0. The summed E-state index contributed by atoms with van der Waals surface area (Å²) >= 11 is 0.